The first kappa shape index (κ1) is 26.5. The number of esters is 2. The molecule has 1 aromatic rings. The van der Waals surface area contributed by atoms with Gasteiger partial charge < -0.3 is 25.2 Å². The van der Waals surface area contributed by atoms with Gasteiger partial charge in [0.05, 0.1) is 25.6 Å². The van der Waals surface area contributed by atoms with Crippen molar-refractivity contribution in [3.05, 3.63) is 35.6 Å². The maximum Gasteiger partial charge on any atom is 0.327 e. The summed E-state index contributed by atoms with van der Waals surface area (Å²) in [7, 11) is 0. The number of ether oxygens (including phenoxy) is 2. The maximum atomic E-state index is 14.0. The molecule has 3 N–H and O–H groups in total. The van der Waals surface area contributed by atoms with Crippen molar-refractivity contribution < 1.29 is 42.9 Å². The van der Waals surface area contributed by atoms with Crippen molar-refractivity contribution in [3.8, 4) is 0 Å². The molecule has 0 fully saturated rings. The van der Waals surface area contributed by atoms with Crippen LogP contribution in [0.3, 0.4) is 0 Å². The second-order valence-corrected chi connectivity index (χ2v) is 6.74. The molecule has 1 aromatic carbocycles. The number of benzene rings is 1. The fourth-order valence-corrected chi connectivity index (χ4v) is 2.91. The van der Waals surface area contributed by atoms with Gasteiger partial charge in [-0.3, -0.25) is 19.2 Å². The summed E-state index contributed by atoms with van der Waals surface area (Å²) in [5.74, 6) is -7.25. The average molecular weight is 454 g/mol. The van der Waals surface area contributed by atoms with E-state index >= 15 is 0 Å². The Morgan fingerprint density at radius 3 is 2.19 bits per heavy atom. The van der Waals surface area contributed by atoms with E-state index in [0.29, 0.717) is 0 Å². The lowest BCUT2D eigenvalue weighted by Crippen LogP contribution is -2.56. The van der Waals surface area contributed by atoms with Crippen LogP contribution < -0.4 is 10.6 Å². The molecule has 32 heavy (non-hydrogen) atoms. The molecule has 0 unspecified atom stereocenters. The molecule has 0 radical (unpaired) electrons. The summed E-state index contributed by atoms with van der Waals surface area (Å²) >= 11 is 0. The zero-order valence-electron chi connectivity index (χ0n) is 18.1. The minimum atomic E-state index is -1.86. The molecule has 0 saturated carbocycles. The molecule has 0 aromatic heterocycles. The molecular weight excluding hydrogens is 427 g/mol. The number of hydrogen-bond acceptors (Lipinski definition) is 7. The van der Waals surface area contributed by atoms with E-state index in [-0.39, 0.29) is 25.2 Å². The number of hydrogen-bond donors (Lipinski definition) is 3. The molecule has 0 heterocycles. The number of rotatable bonds is 12. The van der Waals surface area contributed by atoms with E-state index in [1.165, 1.54) is 38.1 Å². The van der Waals surface area contributed by atoms with Gasteiger partial charge >= 0.3 is 17.9 Å². The quantitative estimate of drug-likeness (QED) is 0.388. The molecule has 10 nitrogen and oxygen atoms in total. The molecule has 0 saturated heterocycles. The van der Waals surface area contributed by atoms with Crippen LogP contribution >= 0.6 is 0 Å². The fourth-order valence-electron chi connectivity index (χ4n) is 2.91. The Labute approximate surface area is 184 Å². The lowest BCUT2D eigenvalue weighted by molar-refractivity contribution is -0.160. The molecule has 0 bridgehead atoms. The third-order valence-electron chi connectivity index (χ3n) is 4.32. The molecule has 0 aliphatic rings. The normalized spacial score (nSPS) is 13.2. The number of nitrogens with one attached hydrogen (secondary N) is 2. The number of aliphatic carboxylic acids is 1. The van der Waals surface area contributed by atoms with E-state index in [4.69, 9.17) is 9.47 Å². The highest BCUT2D eigenvalue weighted by Crippen LogP contribution is 2.15. The van der Waals surface area contributed by atoms with Crippen molar-refractivity contribution >= 4 is 29.7 Å². The highest BCUT2D eigenvalue weighted by atomic mass is 19.1. The Morgan fingerprint density at radius 1 is 1.03 bits per heavy atom. The lowest BCUT2D eigenvalue weighted by atomic mass is 9.95. The van der Waals surface area contributed by atoms with E-state index in [0.717, 1.165) is 6.92 Å². The fraction of sp³-hybridized carbons (Fsp3) is 0.476. The summed E-state index contributed by atoms with van der Waals surface area (Å²) in [6.45, 7) is 4.09. The Balaban J connectivity index is 3.16. The molecule has 2 amide bonds. The average Bonchev–Trinajstić information content (AvgIpc) is 2.71. The predicted octanol–water partition coefficient (Wildman–Crippen LogP) is 0.575. The van der Waals surface area contributed by atoms with Gasteiger partial charge in [-0.2, -0.15) is 0 Å². The number of amides is 2. The number of halogens is 1. The molecule has 1 rings (SSSR count). The first-order valence-corrected chi connectivity index (χ1v) is 9.96. The minimum Gasteiger partial charge on any atom is -0.480 e. The SMILES string of the molecule is CCOC(=O)C[C@H](C(=O)OCC)[C@@H](NC(=O)[C@H](Cc1ccccc1F)NC(C)=O)C(=O)O. The van der Waals surface area contributed by atoms with Crippen LogP contribution in [-0.2, 0) is 39.9 Å². The Bertz CT molecular complexity index is 845. The van der Waals surface area contributed by atoms with Crippen molar-refractivity contribution in [2.45, 2.75) is 45.7 Å². The number of carbonyl (C=O) groups excluding carboxylic acids is 4. The largest absolute Gasteiger partial charge is 0.480 e. The third-order valence-corrected chi connectivity index (χ3v) is 4.32. The predicted molar refractivity (Wildman–Crippen MR) is 109 cm³/mol. The Kier molecular flexibility index (Phi) is 10.8. The monoisotopic (exact) mass is 454 g/mol. The summed E-state index contributed by atoms with van der Waals surface area (Å²) < 4.78 is 23.7. The molecular formula is C21H27FN2O8. The van der Waals surface area contributed by atoms with Crippen molar-refractivity contribution in [1.82, 2.24) is 10.6 Å². The van der Waals surface area contributed by atoms with Crippen LogP contribution in [0, 0.1) is 11.7 Å². The van der Waals surface area contributed by atoms with Gasteiger partial charge in [0.2, 0.25) is 11.8 Å². The van der Waals surface area contributed by atoms with Gasteiger partial charge in [0.25, 0.3) is 0 Å². The second-order valence-electron chi connectivity index (χ2n) is 6.74. The molecule has 0 aliphatic heterocycles. The summed E-state index contributed by atoms with van der Waals surface area (Å²) in [5, 5.41) is 14.1. The molecule has 11 heteroatoms. The zero-order valence-corrected chi connectivity index (χ0v) is 18.1. The van der Waals surface area contributed by atoms with Gasteiger partial charge in [0, 0.05) is 13.3 Å². The summed E-state index contributed by atoms with van der Waals surface area (Å²) in [6.07, 6.45) is -0.922. The minimum absolute atomic E-state index is 0.00568. The van der Waals surface area contributed by atoms with E-state index in [9.17, 15) is 33.5 Å². The Hall–Kier alpha value is -3.50. The van der Waals surface area contributed by atoms with Crippen molar-refractivity contribution in [2.24, 2.45) is 5.92 Å². The smallest absolute Gasteiger partial charge is 0.327 e. The summed E-state index contributed by atoms with van der Waals surface area (Å²) in [5.41, 5.74) is 0.113. The van der Waals surface area contributed by atoms with E-state index in [1.807, 2.05) is 0 Å². The van der Waals surface area contributed by atoms with Crippen LogP contribution in [0.2, 0.25) is 0 Å². The zero-order chi connectivity index (χ0) is 24.3. The van der Waals surface area contributed by atoms with Crippen LogP contribution in [0.4, 0.5) is 4.39 Å². The van der Waals surface area contributed by atoms with Crippen LogP contribution in [0.1, 0.15) is 32.8 Å². The van der Waals surface area contributed by atoms with Gasteiger partial charge in [-0.15, -0.1) is 0 Å². The van der Waals surface area contributed by atoms with Crippen molar-refractivity contribution in [2.75, 3.05) is 13.2 Å². The van der Waals surface area contributed by atoms with Gasteiger partial charge in [0.15, 0.2) is 0 Å². The van der Waals surface area contributed by atoms with Gasteiger partial charge in [-0.25, -0.2) is 9.18 Å². The summed E-state index contributed by atoms with van der Waals surface area (Å²) in [6, 6.07) is 2.38. The molecule has 0 spiro atoms. The first-order chi connectivity index (χ1) is 15.1. The standard InChI is InChI=1S/C21H27FN2O8/c1-4-31-17(26)11-14(21(30)32-5-2)18(20(28)29)24-19(27)16(23-12(3)25)10-13-8-6-7-9-15(13)22/h6-9,14,16,18H,4-5,10-11H2,1-3H3,(H,23,25)(H,24,27)(H,28,29)/t14-,16-,18+/m0/s1. The Morgan fingerprint density at radius 2 is 1.66 bits per heavy atom. The third kappa shape index (κ3) is 8.32. The van der Waals surface area contributed by atoms with Crippen LogP contribution in [0.15, 0.2) is 24.3 Å². The second kappa shape index (κ2) is 13.0. The van der Waals surface area contributed by atoms with Crippen LogP contribution in [-0.4, -0.2) is 60.1 Å². The molecule has 176 valence electrons. The van der Waals surface area contributed by atoms with Gasteiger partial charge in [-0.1, -0.05) is 18.2 Å². The number of carboxylic acids is 1. The highest BCUT2D eigenvalue weighted by molar-refractivity contribution is 5.93. The topological polar surface area (TPSA) is 148 Å². The van der Waals surface area contributed by atoms with E-state index < -0.39 is 60.0 Å². The molecule has 0 aliphatic carbocycles. The summed E-state index contributed by atoms with van der Waals surface area (Å²) in [4.78, 5) is 60.5. The van der Waals surface area contributed by atoms with Crippen LogP contribution in [0.5, 0.6) is 0 Å². The lowest BCUT2D eigenvalue weighted by Gasteiger charge is -2.25. The van der Waals surface area contributed by atoms with Crippen molar-refractivity contribution in [1.29, 1.82) is 0 Å². The molecule has 3 atom stereocenters. The maximum absolute atomic E-state index is 14.0. The van der Waals surface area contributed by atoms with Gasteiger partial charge in [0.1, 0.15) is 17.9 Å². The van der Waals surface area contributed by atoms with E-state index in [2.05, 4.69) is 10.6 Å². The van der Waals surface area contributed by atoms with Gasteiger partial charge in [-0.05, 0) is 25.5 Å². The first-order valence-electron chi connectivity index (χ1n) is 9.96. The number of carboxylic acid groups (broad SMARTS) is 1. The van der Waals surface area contributed by atoms with Crippen LogP contribution in [0.25, 0.3) is 0 Å². The highest BCUT2D eigenvalue weighted by Gasteiger charge is 2.39. The van der Waals surface area contributed by atoms with Crippen molar-refractivity contribution in [3.63, 3.8) is 0 Å². The van der Waals surface area contributed by atoms with E-state index in [1.54, 1.807) is 0 Å². The number of carbonyl (C=O) groups is 5.